The lowest BCUT2D eigenvalue weighted by Crippen LogP contribution is -2.33. The van der Waals surface area contributed by atoms with E-state index < -0.39 is 11.9 Å². The Bertz CT molecular complexity index is 732. The fraction of sp³-hybridized carbons (Fsp3) is 0.200. The molecule has 2 aromatic rings. The number of hydrogen-bond donors (Lipinski definition) is 0. The number of ether oxygens (including phenoxy) is 1. The minimum Gasteiger partial charge on any atom is -0.468 e. The van der Waals surface area contributed by atoms with Crippen molar-refractivity contribution in [3.8, 4) is 0 Å². The molecule has 0 saturated heterocycles. The van der Waals surface area contributed by atoms with Gasteiger partial charge in [0, 0.05) is 5.92 Å². The fourth-order valence-corrected chi connectivity index (χ4v) is 3.14. The van der Waals surface area contributed by atoms with Gasteiger partial charge in [-0.15, -0.1) is 0 Å². The van der Waals surface area contributed by atoms with Gasteiger partial charge in [0.05, 0.1) is 7.11 Å². The van der Waals surface area contributed by atoms with Gasteiger partial charge in [-0.2, -0.15) is 0 Å². The standard InChI is InChI=1S/C20H18O3/c1-23-20(22)19-17(15-10-6-3-7-11-15)12-16(13-18(19)21)14-8-4-2-5-9-14/h2-11,13,17,19H,12H2,1H3/t17-,19+/m1/s1. The van der Waals surface area contributed by atoms with Crippen LogP contribution >= 0.6 is 0 Å². The molecule has 0 fully saturated rings. The molecule has 0 aliphatic heterocycles. The van der Waals surface area contributed by atoms with Crippen molar-refractivity contribution in [3.63, 3.8) is 0 Å². The second-order valence-electron chi connectivity index (χ2n) is 5.66. The van der Waals surface area contributed by atoms with Crippen LogP contribution in [0, 0.1) is 5.92 Å². The molecule has 0 saturated carbocycles. The minimum absolute atomic E-state index is 0.184. The molecule has 0 aromatic heterocycles. The topological polar surface area (TPSA) is 43.4 Å². The van der Waals surface area contributed by atoms with Crippen molar-refractivity contribution in [3.05, 3.63) is 77.9 Å². The SMILES string of the molecule is COC(=O)[C@@H]1C(=O)C=C(c2ccccc2)C[C@@H]1c1ccccc1. The van der Waals surface area contributed by atoms with Gasteiger partial charge in [0.15, 0.2) is 5.78 Å². The van der Waals surface area contributed by atoms with Crippen LogP contribution in [-0.2, 0) is 14.3 Å². The highest BCUT2D eigenvalue weighted by Crippen LogP contribution is 2.40. The van der Waals surface area contributed by atoms with Crippen LogP contribution in [0.15, 0.2) is 66.7 Å². The number of benzene rings is 2. The van der Waals surface area contributed by atoms with Crippen LogP contribution in [0.2, 0.25) is 0 Å². The Labute approximate surface area is 135 Å². The summed E-state index contributed by atoms with van der Waals surface area (Å²) in [6.45, 7) is 0. The van der Waals surface area contributed by atoms with Crippen molar-refractivity contribution in [2.24, 2.45) is 5.92 Å². The smallest absolute Gasteiger partial charge is 0.317 e. The molecule has 1 aliphatic rings. The molecular weight excluding hydrogens is 288 g/mol. The van der Waals surface area contributed by atoms with Gasteiger partial charge in [0.25, 0.3) is 0 Å². The molecule has 2 atom stereocenters. The van der Waals surface area contributed by atoms with Crippen LogP contribution in [0.1, 0.15) is 23.5 Å². The number of carbonyl (C=O) groups excluding carboxylic acids is 2. The van der Waals surface area contributed by atoms with Crippen LogP contribution in [-0.4, -0.2) is 18.9 Å². The van der Waals surface area contributed by atoms with E-state index in [1.165, 1.54) is 7.11 Å². The number of ketones is 1. The minimum atomic E-state index is -0.769. The maximum Gasteiger partial charge on any atom is 0.317 e. The Hall–Kier alpha value is -2.68. The Morgan fingerprint density at radius 1 is 1.00 bits per heavy atom. The maximum absolute atomic E-state index is 12.6. The summed E-state index contributed by atoms with van der Waals surface area (Å²) < 4.78 is 4.86. The van der Waals surface area contributed by atoms with Gasteiger partial charge in [-0.3, -0.25) is 9.59 Å². The van der Waals surface area contributed by atoms with Gasteiger partial charge in [-0.25, -0.2) is 0 Å². The molecule has 0 radical (unpaired) electrons. The molecular formula is C20H18O3. The zero-order chi connectivity index (χ0) is 16.2. The summed E-state index contributed by atoms with van der Waals surface area (Å²) in [5.74, 6) is -1.62. The van der Waals surface area contributed by atoms with Gasteiger partial charge in [0.2, 0.25) is 0 Å². The van der Waals surface area contributed by atoms with Crippen molar-refractivity contribution in [2.45, 2.75) is 12.3 Å². The predicted octanol–water partition coefficient (Wildman–Crippen LogP) is 3.62. The summed E-state index contributed by atoms with van der Waals surface area (Å²) in [5.41, 5.74) is 2.97. The quantitative estimate of drug-likeness (QED) is 0.642. The summed E-state index contributed by atoms with van der Waals surface area (Å²) in [4.78, 5) is 24.7. The number of carbonyl (C=O) groups is 2. The second kappa shape index (κ2) is 6.61. The first-order valence-corrected chi connectivity index (χ1v) is 7.63. The molecule has 23 heavy (non-hydrogen) atoms. The zero-order valence-electron chi connectivity index (χ0n) is 12.9. The Morgan fingerprint density at radius 3 is 2.22 bits per heavy atom. The van der Waals surface area contributed by atoms with E-state index >= 15 is 0 Å². The molecule has 0 unspecified atom stereocenters. The van der Waals surface area contributed by atoms with Crippen LogP contribution in [0.3, 0.4) is 0 Å². The Kier molecular flexibility index (Phi) is 4.38. The second-order valence-corrected chi connectivity index (χ2v) is 5.66. The highest BCUT2D eigenvalue weighted by Gasteiger charge is 2.39. The van der Waals surface area contributed by atoms with Crippen LogP contribution in [0.25, 0.3) is 5.57 Å². The van der Waals surface area contributed by atoms with Crippen LogP contribution in [0.4, 0.5) is 0 Å². The molecule has 1 aliphatic carbocycles. The van der Waals surface area contributed by atoms with E-state index in [-0.39, 0.29) is 11.7 Å². The maximum atomic E-state index is 12.6. The molecule has 3 nitrogen and oxygen atoms in total. The highest BCUT2D eigenvalue weighted by molar-refractivity contribution is 6.10. The molecule has 0 spiro atoms. The van der Waals surface area contributed by atoms with E-state index in [9.17, 15) is 9.59 Å². The van der Waals surface area contributed by atoms with Gasteiger partial charge in [-0.05, 0) is 29.2 Å². The van der Waals surface area contributed by atoms with Crippen molar-refractivity contribution >= 4 is 17.3 Å². The molecule has 0 heterocycles. The largest absolute Gasteiger partial charge is 0.468 e. The first-order chi connectivity index (χ1) is 11.2. The summed E-state index contributed by atoms with van der Waals surface area (Å²) >= 11 is 0. The van der Waals surface area contributed by atoms with Gasteiger partial charge in [0.1, 0.15) is 5.92 Å². The molecule has 116 valence electrons. The first kappa shape index (κ1) is 15.2. The Morgan fingerprint density at radius 2 is 1.61 bits per heavy atom. The third-order valence-electron chi connectivity index (χ3n) is 4.29. The normalized spacial score (nSPS) is 20.7. The van der Waals surface area contributed by atoms with E-state index in [1.54, 1.807) is 6.08 Å². The number of methoxy groups -OCH3 is 1. The summed E-state index contributed by atoms with van der Waals surface area (Å²) in [5, 5.41) is 0. The van der Waals surface area contributed by atoms with Crippen molar-refractivity contribution in [1.29, 1.82) is 0 Å². The van der Waals surface area contributed by atoms with E-state index in [1.807, 2.05) is 60.7 Å². The molecule has 0 N–H and O–H groups in total. The van der Waals surface area contributed by atoms with Crippen molar-refractivity contribution in [1.82, 2.24) is 0 Å². The fourth-order valence-electron chi connectivity index (χ4n) is 3.14. The molecule has 3 rings (SSSR count). The van der Waals surface area contributed by atoms with E-state index in [2.05, 4.69) is 0 Å². The molecule has 0 bridgehead atoms. The number of allylic oxidation sites excluding steroid dienone is 2. The third-order valence-corrected chi connectivity index (χ3v) is 4.29. The molecule has 3 heteroatoms. The Balaban J connectivity index is 2.03. The number of rotatable bonds is 3. The highest BCUT2D eigenvalue weighted by atomic mass is 16.5. The van der Waals surface area contributed by atoms with Gasteiger partial charge < -0.3 is 4.74 Å². The molecule has 2 aromatic carbocycles. The van der Waals surface area contributed by atoms with E-state index in [0.717, 1.165) is 16.7 Å². The van der Waals surface area contributed by atoms with E-state index in [4.69, 9.17) is 4.74 Å². The average molecular weight is 306 g/mol. The predicted molar refractivity (Wildman–Crippen MR) is 88.7 cm³/mol. The summed E-state index contributed by atoms with van der Waals surface area (Å²) in [6, 6.07) is 19.5. The van der Waals surface area contributed by atoms with Crippen molar-refractivity contribution in [2.75, 3.05) is 7.11 Å². The lowest BCUT2D eigenvalue weighted by Gasteiger charge is -2.29. The first-order valence-electron chi connectivity index (χ1n) is 7.63. The van der Waals surface area contributed by atoms with Crippen LogP contribution in [0.5, 0.6) is 0 Å². The number of esters is 1. The monoisotopic (exact) mass is 306 g/mol. The van der Waals surface area contributed by atoms with E-state index in [0.29, 0.717) is 6.42 Å². The van der Waals surface area contributed by atoms with Gasteiger partial charge >= 0.3 is 5.97 Å². The lowest BCUT2D eigenvalue weighted by atomic mass is 9.73. The lowest BCUT2D eigenvalue weighted by molar-refractivity contribution is -0.149. The molecule has 0 amide bonds. The van der Waals surface area contributed by atoms with Crippen LogP contribution < -0.4 is 0 Å². The summed E-state index contributed by atoms with van der Waals surface area (Å²) in [7, 11) is 1.33. The summed E-state index contributed by atoms with van der Waals surface area (Å²) in [6.07, 6.45) is 2.23. The van der Waals surface area contributed by atoms with Gasteiger partial charge in [-0.1, -0.05) is 60.7 Å². The van der Waals surface area contributed by atoms with Crippen molar-refractivity contribution < 1.29 is 14.3 Å². The average Bonchev–Trinajstić information content (AvgIpc) is 2.62. The zero-order valence-corrected chi connectivity index (χ0v) is 12.9. The third kappa shape index (κ3) is 3.09. The number of hydrogen-bond acceptors (Lipinski definition) is 3.